The van der Waals surface area contributed by atoms with Crippen molar-refractivity contribution in [1.29, 1.82) is 0 Å². The van der Waals surface area contributed by atoms with Crippen molar-refractivity contribution in [1.82, 2.24) is 9.55 Å². The van der Waals surface area contributed by atoms with E-state index in [1.165, 1.54) is 15.9 Å². The number of aryl methyl sites for hydroxylation is 1. The lowest BCUT2D eigenvalue weighted by atomic mass is 10.1. The standard InChI is InChI=1S/C18H18N2O3S/c1-4-20-17(21)15-11(2)14(24-16(15)19-18(20)22)9-8-12-6-5-7-13(10-12)23-3/h5-10H,4H2,1-3H3,(H,19,22)/b9-8+. The second-order valence-electron chi connectivity index (χ2n) is 5.38. The number of nitrogens with zero attached hydrogens (tertiary/aromatic N) is 1. The molecule has 3 rings (SSSR count). The number of aromatic amines is 1. The van der Waals surface area contributed by atoms with Gasteiger partial charge in [0.25, 0.3) is 5.56 Å². The maximum absolute atomic E-state index is 12.5. The van der Waals surface area contributed by atoms with E-state index >= 15 is 0 Å². The Kier molecular flexibility index (Phi) is 4.40. The molecule has 0 unspecified atom stereocenters. The monoisotopic (exact) mass is 342 g/mol. The van der Waals surface area contributed by atoms with Crippen molar-refractivity contribution in [2.45, 2.75) is 20.4 Å². The number of hydrogen-bond donors (Lipinski definition) is 1. The van der Waals surface area contributed by atoms with Gasteiger partial charge in [0.1, 0.15) is 10.6 Å². The molecule has 124 valence electrons. The Hall–Kier alpha value is -2.60. The van der Waals surface area contributed by atoms with Crippen LogP contribution in [0.4, 0.5) is 0 Å². The number of ether oxygens (including phenoxy) is 1. The number of thiophene rings is 1. The zero-order chi connectivity index (χ0) is 17.3. The second kappa shape index (κ2) is 6.49. The highest BCUT2D eigenvalue weighted by atomic mass is 32.1. The molecule has 0 saturated carbocycles. The third-order valence-corrected chi connectivity index (χ3v) is 5.12. The molecule has 0 saturated heterocycles. The van der Waals surface area contributed by atoms with Gasteiger partial charge < -0.3 is 4.74 Å². The zero-order valence-corrected chi connectivity index (χ0v) is 14.6. The Morgan fingerprint density at radius 1 is 1.29 bits per heavy atom. The summed E-state index contributed by atoms with van der Waals surface area (Å²) in [7, 11) is 1.63. The van der Waals surface area contributed by atoms with E-state index < -0.39 is 0 Å². The van der Waals surface area contributed by atoms with Gasteiger partial charge in [-0.25, -0.2) is 4.79 Å². The number of aromatic nitrogens is 2. The fourth-order valence-electron chi connectivity index (χ4n) is 2.63. The van der Waals surface area contributed by atoms with Crippen LogP contribution in [0.3, 0.4) is 0 Å². The molecule has 0 aliphatic heterocycles. The van der Waals surface area contributed by atoms with Crippen LogP contribution < -0.4 is 16.0 Å². The van der Waals surface area contributed by atoms with Crippen molar-refractivity contribution in [3.8, 4) is 5.75 Å². The van der Waals surface area contributed by atoms with Gasteiger partial charge in [0.05, 0.1) is 12.5 Å². The molecular formula is C18H18N2O3S. The van der Waals surface area contributed by atoms with Gasteiger partial charge in [-0.2, -0.15) is 0 Å². The van der Waals surface area contributed by atoms with E-state index in [0.29, 0.717) is 16.8 Å². The van der Waals surface area contributed by atoms with Crippen molar-refractivity contribution >= 4 is 33.7 Å². The van der Waals surface area contributed by atoms with Gasteiger partial charge in [0.15, 0.2) is 0 Å². The first-order valence-corrected chi connectivity index (χ1v) is 8.45. The van der Waals surface area contributed by atoms with Crippen LogP contribution in [0.5, 0.6) is 5.75 Å². The molecule has 0 amide bonds. The second-order valence-corrected chi connectivity index (χ2v) is 6.44. The van der Waals surface area contributed by atoms with Crippen LogP contribution in [-0.2, 0) is 6.54 Å². The molecule has 3 aromatic rings. The highest BCUT2D eigenvalue weighted by molar-refractivity contribution is 7.19. The summed E-state index contributed by atoms with van der Waals surface area (Å²) >= 11 is 1.41. The molecule has 0 aliphatic rings. The Morgan fingerprint density at radius 3 is 2.79 bits per heavy atom. The highest BCUT2D eigenvalue weighted by Gasteiger charge is 2.13. The number of hydrogen-bond acceptors (Lipinski definition) is 4. The zero-order valence-electron chi connectivity index (χ0n) is 13.8. The van der Waals surface area contributed by atoms with Gasteiger partial charge >= 0.3 is 5.69 Å². The summed E-state index contributed by atoms with van der Waals surface area (Å²) in [6, 6.07) is 7.73. The summed E-state index contributed by atoms with van der Waals surface area (Å²) in [6.07, 6.45) is 3.93. The number of benzene rings is 1. The Labute approximate surface area is 142 Å². The van der Waals surface area contributed by atoms with Crippen LogP contribution in [-0.4, -0.2) is 16.7 Å². The average Bonchev–Trinajstić information content (AvgIpc) is 2.89. The molecule has 24 heavy (non-hydrogen) atoms. The lowest BCUT2D eigenvalue weighted by Gasteiger charge is -2.00. The Morgan fingerprint density at radius 2 is 2.08 bits per heavy atom. The molecule has 0 bridgehead atoms. The van der Waals surface area contributed by atoms with Crippen molar-refractivity contribution in [3.05, 3.63) is 61.1 Å². The maximum atomic E-state index is 12.5. The Bertz CT molecular complexity index is 1040. The molecule has 0 spiro atoms. The summed E-state index contributed by atoms with van der Waals surface area (Å²) < 4.78 is 6.44. The van der Waals surface area contributed by atoms with E-state index in [1.807, 2.05) is 43.3 Å². The number of rotatable bonds is 4. The van der Waals surface area contributed by atoms with Gasteiger partial charge in [-0.1, -0.05) is 18.2 Å². The van der Waals surface area contributed by atoms with Gasteiger partial charge in [-0.05, 0) is 43.2 Å². The molecule has 0 aliphatic carbocycles. The highest BCUT2D eigenvalue weighted by Crippen LogP contribution is 2.28. The van der Waals surface area contributed by atoms with Gasteiger partial charge in [0.2, 0.25) is 0 Å². The molecule has 0 radical (unpaired) electrons. The number of methoxy groups -OCH3 is 1. The van der Waals surface area contributed by atoms with E-state index in [0.717, 1.165) is 21.8 Å². The van der Waals surface area contributed by atoms with Crippen molar-refractivity contribution < 1.29 is 4.74 Å². The van der Waals surface area contributed by atoms with Crippen LogP contribution in [0.15, 0.2) is 33.9 Å². The van der Waals surface area contributed by atoms with Crippen LogP contribution in [0.2, 0.25) is 0 Å². The van der Waals surface area contributed by atoms with E-state index in [2.05, 4.69) is 4.98 Å². The molecular weight excluding hydrogens is 324 g/mol. The lowest BCUT2D eigenvalue weighted by Crippen LogP contribution is -2.34. The fourth-order valence-corrected chi connectivity index (χ4v) is 3.72. The molecule has 0 atom stereocenters. The van der Waals surface area contributed by atoms with E-state index in [9.17, 15) is 9.59 Å². The molecule has 6 heteroatoms. The third-order valence-electron chi connectivity index (χ3n) is 3.95. The number of nitrogens with one attached hydrogen (secondary N) is 1. The normalized spacial score (nSPS) is 11.5. The summed E-state index contributed by atoms with van der Waals surface area (Å²) in [4.78, 5) is 28.8. The topological polar surface area (TPSA) is 64.1 Å². The molecule has 2 heterocycles. The lowest BCUT2D eigenvalue weighted by molar-refractivity contribution is 0.414. The van der Waals surface area contributed by atoms with Crippen LogP contribution in [0, 0.1) is 6.92 Å². The van der Waals surface area contributed by atoms with Gasteiger partial charge in [0, 0.05) is 11.4 Å². The van der Waals surface area contributed by atoms with Crippen LogP contribution >= 0.6 is 11.3 Å². The first-order valence-electron chi connectivity index (χ1n) is 7.63. The predicted molar refractivity (Wildman–Crippen MR) is 99.0 cm³/mol. The summed E-state index contributed by atoms with van der Waals surface area (Å²) in [5, 5.41) is 0.590. The van der Waals surface area contributed by atoms with E-state index in [1.54, 1.807) is 14.0 Å². The summed E-state index contributed by atoms with van der Waals surface area (Å²) in [5.41, 5.74) is 1.30. The minimum absolute atomic E-state index is 0.231. The quantitative estimate of drug-likeness (QED) is 0.791. The first-order chi connectivity index (χ1) is 11.5. The Balaban J connectivity index is 2.09. The molecule has 1 aromatic carbocycles. The molecule has 5 nitrogen and oxygen atoms in total. The van der Waals surface area contributed by atoms with Gasteiger partial charge in [-0.15, -0.1) is 11.3 Å². The average molecular weight is 342 g/mol. The predicted octanol–water partition coefficient (Wildman–Crippen LogP) is 3.26. The molecule has 0 fully saturated rings. The first kappa shape index (κ1) is 16.3. The van der Waals surface area contributed by atoms with Crippen molar-refractivity contribution in [2.24, 2.45) is 0 Å². The summed E-state index contributed by atoms with van der Waals surface area (Å²) in [6.45, 7) is 4.05. The minimum Gasteiger partial charge on any atom is -0.497 e. The third kappa shape index (κ3) is 2.80. The van der Waals surface area contributed by atoms with E-state index in [-0.39, 0.29) is 11.2 Å². The SMILES string of the molecule is CCn1c(=O)[nH]c2sc(/C=C/c3cccc(OC)c3)c(C)c2c1=O. The van der Waals surface area contributed by atoms with Crippen LogP contribution in [0.1, 0.15) is 22.9 Å². The summed E-state index contributed by atoms with van der Waals surface area (Å²) in [5.74, 6) is 0.792. The smallest absolute Gasteiger partial charge is 0.329 e. The van der Waals surface area contributed by atoms with E-state index in [4.69, 9.17) is 4.74 Å². The minimum atomic E-state index is -0.362. The fraction of sp³-hybridized carbons (Fsp3) is 0.222. The molecule has 1 N–H and O–H groups in total. The largest absolute Gasteiger partial charge is 0.497 e. The number of H-pyrrole nitrogens is 1. The van der Waals surface area contributed by atoms with Crippen molar-refractivity contribution in [2.75, 3.05) is 7.11 Å². The van der Waals surface area contributed by atoms with Gasteiger partial charge in [-0.3, -0.25) is 14.3 Å². The molecule has 2 aromatic heterocycles. The van der Waals surface area contributed by atoms with Crippen molar-refractivity contribution in [3.63, 3.8) is 0 Å². The maximum Gasteiger partial charge on any atom is 0.329 e. The van der Waals surface area contributed by atoms with Crippen LogP contribution in [0.25, 0.3) is 22.4 Å². The number of fused-ring (bicyclic) bond motifs is 1.